The first-order valence-corrected chi connectivity index (χ1v) is 9.37. The quantitative estimate of drug-likeness (QED) is 0.823. The first-order chi connectivity index (χ1) is 11.8. The van der Waals surface area contributed by atoms with Gasteiger partial charge in [0.15, 0.2) is 0 Å². The van der Waals surface area contributed by atoms with Gasteiger partial charge in [0.05, 0.1) is 18.6 Å². The maximum Gasteiger partial charge on any atom is 0.222 e. The molecular formula is C19H23NO3S. The predicted molar refractivity (Wildman–Crippen MR) is 96.4 cm³/mol. The highest BCUT2D eigenvalue weighted by Gasteiger charge is 2.23. The smallest absolute Gasteiger partial charge is 0.222 e. The van der Waals surface area contributed by atoms with Crippen LogP contribution in [0.1, 0.15) is 29.4 Å². The third kappa shape index (κ3) is 4.35. The van der Waals surface area contributed by atoms with Crippen LogP contribution in [0, 0.1) is 0 Å². The Labute approximate surface area is 147 Å². The molecule has 0 saturated carbocycles. The standard InChI is InChI=1S/C19H23NO3S/c1-22-16-7-4-15(5-8-16)6-9-19(21)20-11-10-18(24-14-12-20)17-3-2-13-23-17/h2-5,7-8,13,18H,6,9-12,14H2,1H3/t18-/m0/s1. The molecule has 1 aromatic heterocycles. The number of hydrogen-bond donors (Lipinski definition) is 0. The zero-order valence-electron chi connectivity index (χ0n) is 13.9. The van der Waals surface area contributed by atoms with Crippen LogP contribution in [0.4, 0.5) is 0 Å². The molecular weight excluding hydrogens is 322 g/mol. The molecule has 0 radical (unpaired) electrons. The predicted octanol–water partition coefficient (Wildman–Crippen LogP) is 3.93. The van der Waals surface area contributed by atoms with E-state index in [9.17, 15) is 4.79 Å². The lowest BCUT2D eigenvalue weighted by molar-refractivity contribution is -0.130. The maximum absolute atomic E-state index is 12.5. The average molecular weight is 345 g/mol. The van der Waals surface area contributed by atoms with Crippen molar-refractivity contribution in [2.75, 3.05) is 26.0 Å². The monoisotopic (exact) mass is 345 g/mol. The van der Waals surface area contributed by atoms with Gasteiger partial charge in [-0.25, -0.2) is 0 Å². The Kier molecular flexibility index (Phi) is 5.86. The van der Waals surface area contributed by atoms with E-state index in [4.69, 9.17) is 9.15 Å². The largest absolute Gasteiger partial charge is 0.497 e. The van der Waals surface area contributed by atoms with Gasteiger partial charge in [-0.15, -0.1) is 11.8 Å². The van der Waals surface area contributed by atoms with Crippen LogP contribution < -0.4 is 4.74 Å². The van der Waals surface area contributed by atoms with Crippen LogP contribution in [0.15, 0.2) is 47.1 Å². The fourth-order valence-electron chi connectivity index (χ4n) is 2.92. The number of aryl methyl sites for hydroxylation is 1. The minimum atomic E-state index is 0.242. The van der Waals surface area contributed by atoms with Gasteiger partial charge in [0.25, 0.3) is 0 Å². The van der Waals surface area contributed by atoms with Crippen molar-refractivity contribution in [3.05, 3.63) is 54.0 Å². The van der Waals surface area contributed by atoms with Crippen molar-refractivity contribution in [3.8, 4) is 5.75 Å². The molecule has 24 heavy (non-hydrogen) atoms. The summed E-state index contributed by atoms with van der Waals surface area (Å²) >= 11 is 1.88. The summed E-state index contributed by atoms with van der Waals surface area (Å²) < 4.78 is 10.7. The number of methoxy groups -OCH3 is 1. The van der Waals surface area contributed by atoms with Gasteiger partial charge in [0.2, 0.25) is 5.91 Å². The summed E-state index contributed by atoms with van der Waals surface area (Å²) in [6, 6.07) is 11.9. The van der Waals surface area contributed by atoms with Crippen LogP contribution in [0.3, 0.4) is 0 Å². The second-order valence-corrected chi connectivity index (χ2v) is 7.20. The Morgan fingerprint density at radius 2 is 2.12 bits per heavy atom. The number of hydrogen-bond acceptors (Lipinski definition) is 4. The molecule has 1 saturated heterocycles. The van der Waals surface area contributed by atoms with Crippen LogP contribution in [0.25, 0.3) is 0 Å². The zero-order valence-corrected chi connectivity index (χ0v) is 14.8. The molecule has 1 aliphatic rings. The zero-order chi connectivity index (χ0) is 16.8. The number of ether oxygens (including phenoxy) is 1. The first kappa shape index (κ1) is 17.0. The van der Waals surface area contributed by atoms with E-state index in [1.807, 2.05) is 53.1 Å². The van der Waals surface area contributed by atoms with Crippen molar-refractivity contribution in [2.24, 2.45) is 0 Å². The molecule has 128 valence electrons. The molecule has 0 unspecified atom stereocenters. The van der Waals surface area contributed by atoms with E-state index in [1.165, 1.54) is 5.56 Å². The van der Waals surface area contributed by atoms with Crippen molar-refractivity contribution in [1.82, 2.24) is 4.90 Å². The summed E-state index contributed by atoms with van der Waals surface area (Å²) in [7, 11) is 1.66. The number of thioether (sulfide) groups is 1. The average Bonchev–Trinajstić information content (AvgIpc) is 3.04. The molecule has 0 spiro atoms. The fraction of sp³-hybridized carbons (Fsp3) is 0.421. The summed E-state index contributed by atoms with van der Waals surface area (Å²) in [6.07, 6.45) is 4.00. The molecule has 3 rings (SSSR count). The van der Waals surface area contributed by atoms with Gasteiger partial charge in [-0.2, -0.15) is 0 Å². The molecule has 0 N–H and O–H groups in total. The molecule has 0 aliphatic carbocycles. The molecule has 1 amide bonds. The van der Waals surface area contributed by atoms with Crippen LogP contribution in [-0.4, -0.2) is 36.8 Å². The van der Waals surface area contributed by atoms with E-state index in [0.29, 0.717) is 11.7 Å². The summed E-state index contributed by atoms with van der Waals surface area (Å²) in [6.45, 7) is 1.63. The van der Waals surface area contributed by atoms with Gasteiger partial charge in [0, 0.05) is 25.3 Å². The van der Waals surface area contributed by atoms with Crippen molar-refractivity contribution in [3.63, 3.8) is 0 Å². The van der Waals surface area contributed by atoms with Crippen LogP contribution in [-0.2, 0) is 11.2 Å². The normalized spacial score (nSPS) is 18.2. The highest BCUT2D eigenvalue weighted by atomic mass is 32.2. The number of carbonyl (C=O) groups is 1. The van der Waals surface area contributed by atoms with Gasteiger partial charge in [0.1, 0.15) is 11.5 Å². The highest BCUT2D eigenvalue weighted by molar-refractivity contribution is 7.99. The van der Waals surface area contributed by atoms with Crippen molar-refractivity contribution in [2.45, 2.75) is 24.5 Å². The Hall–Kier alpha value is -1.88. The first-order valence-electron chi connectivity index (χ1n) is 8.32. The second kappa shape index (κ2) is 8.29. The van der Waals surface area contributed by atoms with Gasteiger partial charge in [-0.05, 0) is 42.7 Å². The number of nitrogens with zero attached hydrogens (tertiary/aromatic N) is 1. The van der Waals surface area contributed by atoms with Crippen LogP contribution >= 0.6 is 11.8 Å². The van der Waals surface area contributed by atoms with Crippen LogP contribution in [0.5, 0.6) is 5.75 Å². The minimum Gasteiger partial charge on any atom is -0.497 e. The van der Waals surface area contributed by atoms with Crippen molar-refractivity contribution >= 4 is 17.7 Å². The van der Waals surface area contributed by atoms with E-state index < -0.39 is 0 Å². The minimum absolute atomic E-state index is 0.242. The van der Waals surface area contributed by atoms with E-state index in [2.05, 4.69) is 0 Å². The fourth-order valence-corrected chi connectivity index (χ4v) is 4.10. The molecule has 1 atom stereocenters. The van der Waals surface area contributed by atoms with E-state index in [-0.39, 0.29) is 5.91 Å². The summed E-state index contributed by atoms with van der Waals surface area (Å²) in [5.74, 6) is 3.07. The van der Waals surface area contributed by atoms with Crippen LogP contribution in [0.2, 0.25) is 0 Å². The van der Waals surface area contributed by atoms with E-state index >= 15 is 0 Å². The van der Waals surface area contributed by atoms with Gasteiger partial charge in [-0.1, -0.05) is 12.1 Å². The topological polar surface area (TPSA) is 42.7 Å². The number of amides is 1. The molecule has 1 aromatic carbocycles. The Morgan fingerprint density at radius 3 is 2.83 bits per heavy atom. The third-order valence-corrected chi connectivity index (χ3v) is 5.63. The Bertz CT molecular complexity index is 639. The highest BCUT2D eigenvalue weighted by Crippen LogP contribution is 2.34. The van der Waals surface area contributed by atoms with Gasteiger partial charge >= 0.3 is 0 Å². The van der Waals surface area contributed by atoms with Crippen molar-refractivity contribution in [1.29, 1.82) is 0 Å². The van der Waals surface area contributed by atoms with E-state index in [1.54, 1.807) is 13.4 Å². The second-order valence-electron chi connectivity index (χ2n) is 5.89. The molecule has 1 fully saturated rings. The lowest BCUT2D eigenvalue weighted by Gasteiger charge is -2.20. The Morgan fingerprint density at radius 1 is 1.29 bits per heavy atom. The molecule has 2 heterocycles. The third-order valence-electron chi connectivity index (χ3n) is 4.34. The SMILES string of the molecule is COc1ccc(CCC(=O)N2CCS[C@H](c3ccco3)CC2)cc1. The lowest BCUT2D eigenvalue weighted by Crippen LogP contribution is -2.33. The number of furan rings is 1. The van der Waals surface area contributed by atoms with Gasteiger partial charge < -0.3 is 14.1 Å². The Balaban J connectivity index is 1.49. The maximum atomic E-state index is 12.5. The summed E-state index contributed by atoms with van der Waals surface area (Å²) in [4.78, 5) is 14.5. The number of benzene rings is 1. The van der Waals surface area contributed by atoms with Crippen molar-refractivity contribution < 1.29 is 13.9 Å². The molecule has 0 bridgehead atoms. The molecule has 2 aromatic rings. The lowest BCUT2D eigenvalue weighted by atomic mass is 10.1. The molecule has 1 aliphatic heterocycles. The molecule has 4 nitrogen and oxygen atoms in total. The summed E-state index contributed by atoms with van der Waals surface area (Å²) in [5, 5.41) is 0.361. The van der Waals surface area contributed by atoms with Gasteiger partial charge in [-0.3, -0.25) is 4.79 Å². The van der Waals surface area contributed by atoms with E-state index in [0.717, 1.165) is 43.2 Å². The summed E-state index contributed by atoms with van der Waals surface area (Å²) in [5.41, 5.74) is 1.17. The number of rotatable bonds is 5. The number of carbonyl (C=O) groups excluding carboxylic acids is 1. The molecule has 5 heteroatoms.